The molecule has 0 aliphatic carbocycles. The number of aryl methyl sites for hydroxylation is 1. The fraction of sp³-hybridized carbons (Fsp3) is 0.429. The first-order chi connectivity index (χ1) is 9.54. The quantitative estimate of drug-likeness (QED) is 0.329. The monoisotopic (exact) mass is 277 g/mol. The molecule has 1 aliphatic heterocycles. The Morgan fingerprint density at radius 2 is 2.20 bits per heavy atom. The van der Waals surface area contributed by atoms with E-state index >= 15 is 0 Å². The molecule has 2 rings (SSSR count). The number of carbonyl (C=O) groups excluding carboxylic acids is 1. The molecule has 6 heteroatoms. The summed E-state index contributed by atoms with van der Waals surface area (Å²) in [5.74, 6) is 0.0407. The van der Waals surface area contributed by atoms with Crippen LogP contribution in [-0.2, 0) is 0 Å². The minimum absolute atomic E-state index is 0.0643. The largest absolute Gasteiger partial charge is 0.508 e. The maximum atomic E-state index is 12.6. The van der Waals surface area contributed by atoms with Crippen molar-refractivity contribution in [2.75, 3.05) is 6.54 Å². The Morgan fingerprint density at radius 1 is 1.45 bits per heavy atom. The zero-order valence-electron chi connectivity index (χ0n) is 11.4. The minimum Gasteiger partial charge on any atom is -0.508 e. The molecule has 1 unspecified atom stereocenters. The lowest BCUT2D eigenvalue weighted by Crippen LogP contribution is -2.50. The fourth-order valence-electron chi connectivity index (χ4n) is 2.59. The number of oxime groups is 1. The van der Waals surface area contributed by atoms with Crippen molar-refractivity contribution in [3.05, 3.63) is 29.3 Å². The van der Waals surface area contributed by atoms with Gasteiger partial charge >= 0.3 is 0 Å². The SMILES string of the molecule is Cc1cc(O)ccc1C(=O)N1CCCCC1/C(N)=N/O. The van der Waals surface area contributed by atoms with Gasteiger partial charge in [-0.05, 0) is 49.9 Å². The highest BCUT2D eigenvalue weighted by Crippen LogP contribution is 2.23. The van der Waals surface area contributed by atoms with E-state index in [0.29, 0.717) is 24.1 Å². The van der Waals surface area contributed by atoms with Crippen LogP contribution < -0.4 is 5.73 Å². The predicted octanol–water partition coefficient (Wildman–Crippen LogP) is 1.44. The summed E-state index contributed by atoms with van der Waals surface area (Å²) in [6, 6.07) is 4.28. The predicted molar refractivity (Wildman–Crippen MR) is 74.9 cm³/mol. The third-order valence-corrected chi connectivity index (χ3v) is 3.66. The molecule has 1 atom stereocenters. The van der Waals surface area contributed by atoms with Crippen molar-refractivity contribution < 1.29 is 15.1 Å². The highest BCUT2D eigenvalue weighted by molar-refractivity contribution is 5.99. The molecule has 0 bridgehead atoms. The number of nitrogens with two attached hydrogens (primary N) is 1. The molecule has 0 spiro atoms. The second kappa shape index (κ2) is 5.81. The first kappa shape index (κ1) is 14.2. The summed E-state index contributed by atoms with van der Waals surface area (Å²) in [5, 5.41) is 21.3. The zero-order valence-corrected chi connectivity index (χ0v) is 11.4. The Hall–Kier alpha value is -2.24. The molecular formula is C14H19N3O3. The zero-order chi connectivity index (χ0) is 14.7. The van der Waals surface area contributed by atoms with E-state index in [1.807, 2.05) is 0 Å². The van der Waals surface area contributed by atoms with Gasteiger partial charge in [0.2, 0.25) is 0 Å². The third-order valence-electron chi connectivity index (χ3n) is 3.66. The third kappa shape index (κ3) is 2.68. The maximum Gasteiger partial charge on any atom is 0.254 e. The molecule has 1 heterocycles. The number of amides is 1. The first-order valence-electron chi connectivity index (χ1n) is 6.62. The topological polar surface area (TPSA) is 99.2 Å². The molecule has 0 aromatic heterocycles. The number of benzene rings is 1. The molecule has 0 radical (unpaired) electrons. The number of likely N-dealkylation sites (tertiary alicyclic amines) is 1. The number of hydrogen-bond donors (Lipinski definition) is 3. The van der Waals surface area contributed by atoms with Crippen LogP contribution in [0.3, 0.4) is 0 Å². The van der Waals surface area contributed by atoms with Gasteiger partial charge in [0.25, 0.3) is 5.91 Å². The molecule has 1 aromatic rings. The van der Waals surface area contributed by atoms with Crippen molar-refractivity contribution in [3.8, 4) is 5.75 Å². The summed E-state index contributed by atoms with van der Waals surface area (Å²) in [5.41, 5.74) is 6.92. The van der Waals surface area contributed by atoms with Crippen LogP contribution in [0.2, 0.25) is 0 Å². The normalized spacial score (nSPS) is 19.9. The van der Waals surface area contributed by atoms with Crippen LogP contribution in [-0.4, -0.2) is 39.5 Å². The summed E-state index contributed by atoms with van der Waals surface area (Å²) in [6.07, 6.45) is 2.54. The Kier molecular flexibility index (Phi) is 4.12. The summed E-state index contributed by atoms with van der Waals surface area (Å²) in [6.45, 7) is 2.36. The lowest BCUT2D eigenvalue weighted by molar-refractivity contribution is 0.0676. The van der Waals surface area contributed by atoms with Crippen LogP contribution in [0, 0.1) is 6.92 Å². The Morgan fingerprint density at radius 3 is 2.85 bits per heavy atom. The molecule has 108 valence electrons. The fourth-order valence-corrected chi connectivity index (χ4v) is 2.59. The second-order valence-corrected chi connectivity index (χ2v) is 5.03. The molecule has 0 saturated carbocycles. The summed E-state index contributed by atoms with van der Waals surface area (Å²) in [4.78, 5) is 14.3. The Balaban J connectivity index is 2.30. The van der Waals surface area contributed by atoms with Crippen molar-refractivity contribution in [2.45, 2.75) is 32.2 Å². The number of hydrogen-bond acceptors (Lipinski definition) is 4. The van der Waals surface area contributed by atoms with Gasteiger partial charge in [0.15, 0.2) is 5.84 Å². The summed E-state index contributed by atoms with van der Waals surface area (Å²) < 4.78 is 0. The van der Waals surface area contributed by atoms with Gasteiger partial charge in [-0.15, -0.1) is 0 Å². The molecule has 1 amide bonds. The van der Waals surface area contributed by atoms with Crippen molar-refractivity contribution in [2.24, 2.45) is 10.9 Å². The highest BCUT2D eigenvalue weighted by Gasteiger charge is 2.31. The highest BCUT2D eigenvalue weighted by atomic mass is 16.4. The van der Waals surface area contributed by atoms with E-state index in [1.165, 1.54) is 6.07 Å². The molecule has 1 saturated heterocycles. The molecule has 1 fully saturated rings. The van der Waals surface area contributed by atoms with Gasteiger partial charge < -0.3 is 20.9 Å². The molecular weight excluding hydrogens is 258 g/mol. The summed E-state index contributed by atoms with van der Waals surface area (Å²) >= 11 is 0. The van der Waals surface area contributed by atoms with E-state index in [0.717, 1.165) is 12.8 Å². The average molecular weight is 277 g/mol. The van der Waals surface area contributed by atoms with Gasteiger partial charge in [-0.2, -0.15) is 0 Å². The van der Waals surface area contributed by atoms with Crippen molar-refractivity contribution in [1.29, 1.82) is 0 Å². The Labute approximate surface area is 117 Å². The van der Waals surface area contributed by atoms with Crippen LogP contribution in [0.4, 0.5) is 0 Å². The standard InChI is InChI=1S/C14H19N3O3/c1-9-8-10(18)5-6-11(9)14(19)17-7-3-2-4-12(17)13(15)16-20/h5-6,8,12,18,20H,2-4,7H2,1H3,(H2,15,16). The van der Waals surface area contributed by atoms with Crippen LogP contribution in [0.15, 0.2) is 23.4 Å². The van der Waals surface area contributed by atoms with Crippen LogP contribution in [0.5, 0.6) is 5.75 Å². The van der Waals surface area contributed by atoms with E-state index in [1.54, 1.807) is 24.0 Å². The van der Waals surface area contributed by atoms with Gasteiger partial charge in [-0.1, -0.05) is 5.16 Å². The van der Waals surface area contributed by atoms with Gasteiger partial charge in [0.1, 0.15) is 5.75 Å². The minimum atomic E-state index is -0.366. The lowest BCUT2D eigenvalue weighted by Gasteiger charge is -2.35. The van der Waals surface area contributed by atoms with Crippen LogP contribution >= 0.6 is 0 Å². The second-order valence-electron chi connectivity index (χ2n) is 5.03. The van der Waals surface area contributed by atoms with Crippen molar-refractivity contribution in [3.63, 3.8) is 0 Å². The van der Waals surface area contributed by atoms with E-state index in [-0.39, 0.29) is 23.5 Å². The van der Waals surface area contributed by atoms with Gasteiger partial charge in [-0.25, -0.2) is 0 Å². The molecule has 20 heavy (non-hydrogen) atoms. The lowest BCUT2D eigenvalue weighted by atomic mass is 9.98. The van der Waals surface area contributed by atoms with Crippen LogP contribution in [0.25, 0.3) is 0 Å². The Bertz CT molecular complexity index is 542. The molecule has 1 aromatic carbocycles. The van der Waals surface area contributed by atoms with Gasteiger partial charge in [0, 0.05) is 12.1 Å². The van der Waals surface area contributed by atoms with Gasteiger partial charge in [0.05, 0.1) is 6.04 Å². The number of amidine groups is 1. The first-order valence-corrected chi connectivity index (χ1v) is 6.62. The average Bonchev–Trinajstić information content (AvgIpc) is 2.46. The summed E-state index contributed by atoms with van der Waals surface area (Å²) in [7, 11) is 0. The van der Waals surface area contributed by atoms with E-state index in [4.69, 9.17) is 10.9 Å². The maximum absolute atomic E-state index is 12.6. The number of phenols is 1. The molecule has 4 N–H and O–H groups in total. The van der Waals surface area contributed by atoms with Crippen molar-refractivity contribution >= 4 is 11.7 Å². The van der Waals surface area contributed by atoms with E-state index in [2.05, 4.69) is 5.16 Å². The van der Waals surface area contributed by atoms with Crippen molar-refractivity contribution in [1.82, 2.24) is 4.90 Å². The number of phenolic OH excluding ortho intramolecular Hbond substituents is 1. The number of carbonyl (C=O) groups is 1. The number of nitrogens with zero attached hydrogens (tertiary/aromatic N) is 2. The van der Waals surface area contributed by atoms with E-state index < -0.39 is 0 Å². The smallest absolute Gasteiger partial charge is 0.254 e. The molecule has 1 aliphatic rings. The van der Waals surface area contributed by atoms with Crippen LogP contribution in [0.1, 0.15) is 35.2 Å². The molecule has 6 nitrogen and oxygen atoms in total. The number of aromatic hydroxyl groups is 1. The van der Waals surface area contributed by atoms with Gasteiger partial charge in [-0.3, -0.25) is 4.79 Å². The number of piperidine rings is 1. The number of rotatable bonds is 2. The van der Waals surface area contributed by atoms with E-state index in [9.17, 15) is 9.90 Å².